The Morgan fingerprint density at radius 2 is 2.25 bits per heavy atom. The molecule has 0 aliphatic carbocycles. The fraction of sp³-hybridized carbons (Fsp3) is 0.300. The number of phenols is 1. The standard InChI is InChI=1S/C10H12INO3S/c1-16(15)5-4-12-10(14)7-2-3-8(11)9(13)6-7/h2-3,6,13H,4-5H2,1H3,(H,12,14). The minimum atomic E-state index is -0.912. The number of benzene rings is 1. The summed E-state index contributed by atoms with van der Waals surface area (Å²) >= 11 is 1.98. The average Bonchev–Trinajstić information content (AvgIpc) is 2.21. The molecule has 0 aliphatic rings. The predicted octanol–water partition coefficient (Wildman–Crippen LogP) is 1.11. The molecule has 0 saturated heterocycles. The van der Waals surface area contributed by atoms with Gasteiger partial charge < -0.3 is 10.4 Å². The van der Waals surface area contributed by atoms with Crippen LogP contribution < -0.4 is 5.32 Å². The van der Waals surface area contributed by atoms with Crippen LogP contribution in [0.5, 0.6) is 5.75 Å². The molecule has 0 bridgehead atoms. The van der Waals surface area contributed by atoms with Gasteiger partial charge in [-0.15, -0.1) is 0 Å². The van der Waals surface area contributed by atoms with E-state index in [9.17, 15) is 14.1 Å². The van der Waals surface area contributed by atoms with Gasteiger partial charge in [0.1, 0.15) is 5.75 Å². The van der Waals surface area contributed by atoms with Gasteiger partial charge in [0.25, 0.3) is 5.91 Å². The molecule has 1 atom stereocenters. The number of carbonyl (C=O) groups is 1. The van der Waals surface area contributed by atoms with E-state index in [2.05, 4.69) is 5.32 Å². The summed E-state index contributed by atoms with van der Waals surface area (Å²) in [5.41, 5.74) is 0.403. The maximum Gasteiger partial charge on any atom is 0.251 e. The van der Waals surface area contributed by atoms with E-state index in [0.29, 0.717) is 21.4 Å². The smallest absolute Gasteiger partial charge is 0.251 e. The average molecular weight is 353 g/mol. The van der Waals surface area contributed by atoms with Gasteiger partial charge in [0, 0.05) is 34.9 Å². The Hall–Kier alpha value is -0.630. The molecule has 0 heterocycles. The Morgan fingerprint density at radius 3 is 2.81 bits per heavy atom. The van der Waals surface area contributed by atoms with Gasteiger partial charge in [-0.2, -0.15) is 0 Å². The number of hydrogen-bond acceptors (Lipinski definition) is 3. The predicted molar refractivity (Wildman–Crippen MR) is 72.1 cm³/mol. The van der Waals surface area contributed by atoms with E-state index in [1.807, 2.05) is 22.6 Å². The summed E-state index contributed by atoms with van der Waals surface area (Å²) in [7, 11) is -0.912. The van der Waals surface area contributed by atoms with Gasteiger partial charge in [-0.05, 0) is 40.8 Å². The lowest BCUT2D eigenvalue weighted by Crippen LogP contribution is -2.27. The minimum absolute atomic E-state index is 0.0901. The van der Waals surface area contributed by atoms with Gasteiger partial charge in [0.15, 0.2) is 0 Å². The Morgan fingerprint density at radius 1 is 1.56 bits per heavy atom. The van der Waals surface area contributed by atoms with Crippen molar-refractivity contribution in [2.24, 2.45) is 0 Å². The lowest BCUT2D eigenvalue weighted by molar-refractivity contribution is 0.0955. The van der Waals surface area contributed by atoms with Crippen molar-refractivity contribution >= 4 is 39.3 Å². The molecule has 1 rings (SSSR count). The van der Waals surface area contributed by atoms with E-state index in [0.717, 1.165) is 0 Å². The fourth-order valence-electron chi connectivity index (χ4n) is 1.06. The Balaban J connectivity index is 2.59. The zero-order valence-corrected chi connectivity index (χ0v) is 11.7. The van der Waals surface area contributed by atoms with Gasteiger partial charge in [-0.3, -0.25) is 9.00 Å². The Kier molecular flexibility index (Phi) is 5.20. The third kappa shape index (κ3) is 4.09. The zero-order valence-electron chi connectivity index (χ0n) is 8.70. The lowest BCUT2D eigenvalue weighted by Gasteiger charge is -2.05. The SMILES string of the molecule is CS(=O)CCNC(=O)c1ccc(I)c(O)c1. The van der Waals surface area contributed by atoms with Crippen molar-refractivity contribution in [1.29, 1.82) is 0 Å². The van der Waals surface area contributed by atoms with Crippen molar-refractivity contribution < 1.29 is 14.1 Å². The normalized spacial score (nSPS) is 12.1. The number of aromatic hydroxyl groups is 1. The molecule has 0 aromatic heterocycles. The number of carbonyl (C=O) groups excluding carboxylic acids is 1. The Labute approximate surface area is 110 Å². The van der Waals surface area contributed by atoms with Crippen LogP contribution in [0.15, 0.2) is 18.2 Å². The second kappa shape index (κ2) is 6.19. The second-order valence-corrected chi connectivity index (χ2v) is 5.92. The first-order valence-electron chi connectivity index (χ1n) is 4.57. The molecule has 1 amide bonds. The van der Waals surface area contributed by atoms with Crippen LogP contribution in [0.25, 0.3) is 0 Å². The number of rotatable bonds is 4. The molecular weight excluding hydrogens is 341 g/mol. The first kappa shape index (κ1) is 13.4. The van der Waals surface area contributed by atoms with Crippen LogP contribution in [-0.2, 0) is 10.8 Å². The summed E-state index contributed by atoms with van der Waals surface area (Å²) in [5.74, 6) is 0.256. The number of hydrogen-bond donors (Lipinski definition) is 2. The van der Waals surface area contributed by atoms with E-state index >= 15 is 0 Å². The number of halogens is 1. The van der Waals surface area contributed by atoms with Crippen molar-refractivity contribution in [3.63, 3.8) is 0 Å². The van der Waals surface area contributed by atoms with Crippen molar-refractivity contribution in [1.82, 2.24) is 5.32 Å². The molecule has 88 valence electrons. The van der Waals surface area contributed by atoms with Gasteiger partial charge >= 0.3 is 0 Å². The third-order valence-corrected chi connectivity index (χ3v) is 3.57. The Bertz CT molecular complexity index is 423. The minimum Gasteiger partial charge on any atom is -0.507 e. The van der Waals surface area contributed by atoms with Crippen LogP contribution in [0.2, 0.25) is 0 Å². The van der Waals surface area contributed by atoms with E-state index in [1.54, 1.807) is 18.4 Å². The van der Waals surface area contributed by atoms with Crippen LogP contribution in [0, 0.1) is 3.57 Å². The van der Waals surface area contributed by atoms with Crippen LogP contribution in [-0.4, -0.2) is 33.8 Å². The van der Waals surface area contributed by atoms with Crippen molar-refractivity contribution in [2.45, 2.75) is 0 Å². The first-order chi connectivity index (χ1) is 7.50. The monoisotopic (exact) mass is 353 g/mol. The number of phenolic OH excluding ortho intramolecular Hbond substituents is 1. The molecule has 0 saturated carbocycles. The molecule has 16 heavy (non-hydrogen) atoms. The molecule has 0 fully saturated rings. The summed E-state index contributed by atoms with van der Waals surface area (Å²) in [4.78, 5) is 11.6. The third-order valence-electron chi connectivity index (χ3n) is 1.88. The summed E-state index contributed by atoms with van der Waals surface area (Å²) in [6.07, 6.45) is 1.59. The molecule has 1 aromatic rings. The largest absolute Gasteiger partial charge is 0.507 e. The maximum atomic E-state index is 11.6. The number of amides is 1. The molecule has 0 aliphatic heterocycles. The van der Waals surface area contributed by atoms with Gasteiger partial charge in [-0.25, -0.2) is 0 Å². The topological polar surface area (TPSA) is 66.4 Å². The molecule has 4 nitrogen and oxygen atoms in total. The molecule has 2 N–H and O–H groups in total. The van der Waals surface area contributed by atoms with Crippen molar-refractivity contribution in [2.75, 3.05) is 18.6 Å². The summed E-state index contributed by atoms with van der Waals surface area (Å²) in [5, 5.41) is 12.1. The molecule has 1 aromatic carbocycles. The molecule has 6 heteroatoms. The van der Waals surface area contributed by atoms with E-state index in [1.165, 1.54) is 6.07 Å². The van der Waals surface area contributed by atoms with Gasteiger partial charge in [0.2, 0.25) is 0 Å². The highest BCUT2D eigenvalue weighted by Crippen LogP contribution is 2.20. The van der Waals surface area contributed by atoms with E-state index < -0.39 is 10.8 Å². The molecular formula is C10H12INO3S. The highest BCUT2D eigenvalue weighted by Gasteiger charge is 2.07. The summed E-state index contributed by atoms with van der Waals surface area (Å²) in [6, 6.07) is 4.72. The molecule has 0 radical (unpaired) electrons. The summed E-state index contributed by atoms with van der Waals surface area (Å²) < 4.78 is 11.5. The van der Waals surface area contributed by atoms with Crippen LogP contribution in [0.4, 0.5) is 0 Å². The van der Waals surface area contributed by atoms with Crippen molar-refractivity contribution in [3.8, 4) is 5.75 Å². The first-order valence-corrected chi connectivity index (χ1v) is 7.38. The second-order valence-electron chi connectivity index (χ2n) is 3.20. The van der Waals surface area contributed by atoms with Crippen LogP contribution in [0.3, 0.4) is 0 Å². The van der Waals surface area contributed by atoms with Crippen LogP contribution in [0.1, 0.15) is 10.4 Å². The summed E-state index contributed by atoms with van der Waals surface area (Å²) in [6.45, 7) is 0.370. The molecule has 0 spiro atoms. The quantitative estimate of drug-likeness (QED) is 0.797. The lowest BCUT2D eigenvalue weighted by atomic mass is 10.2. The number of nitrogens with one attached hydrogen (secondary N) is 1. The zero-order chi connectivity index (χ0) is 12.1. The van der Waals surface area contributed by atoms with E-state index in [-0.39, 0.29) is 11.7 Å². The molecule has 1 unspecified atom stereocenters. The van der Waals surface area contributed by atoms with Gasteiger partial charge in [-0.1, -0.05) is 0 Å². The fourth-order valence-corrected chi connectivity index (χ4v) is 1.79. The maximum absolute atomic E-state index is 11.6. The van der Waals surface area contributed by atoms with Crippen LogP contribution >= 0.6 is 22.6 Å². The van der Waals surface area contributed by atoms with E-state index in [4.69, 9.17) is 0 Å². The highest BCUT2D eigenvalue weighted by molar-refractivity contribution is 14.1. The highest BCUT2D eigenvalue weighted by atomic mass is 127. The van der Waals surface area contributed by atoms with Gasteiger partial charge in [0.05, 0.1) is 3.57 Å². The van der Waals surface area contributed by atoms with Crippen molar-refractivity contribution in [3.05, 3.63) is 27.3 Å².